The number of likely N-dealkylation sites (N-methyl/N-ethyl adjacent to an activating group) is 1. The minimum atomic E-state index is -5.02. The molecule has 2 aromatic heterocycles. The Kier molecular flexibility index (Phi) is 7.07. The van der Waals surface area contributed by atoms with E-state index in [-0.39, 0.29) is 73.2 Å². The molecule has 3 N–H and O–H groups in total. The van der Waals surface area contributed by atoms with E-state index in [0.29, 0.717) is 13.1 Å². The molecule has 5 heterocycles. The molecule has 3 fully saturated rings. The number of alkyl halides is 3. The highest BCUT2D eigenvalue weighted by Gasteiger charge is 2.40. The van der Waals surface area contributed by atoms with Crippen LogP contribution in [0.25, 0.3) is 32.1 Å². The van der Waals surface area contributed by atoms with E-state index in [1.807, 2.05) is 24.9 Å². The third kappa shape index (κ3) is 4.92. The minimum Gasteiger partial charge on any atom is -0.461 e. The number of halogens is 5. The van der Waals surface area contributed by atoms with Crippen LogP contribution in [0.5, 0.6) is 6.01 Å². The zero-order valence-electron chi connectivity index (χ0n) is 24.6. The van der Waals surface area contributed by atoms with E-state index in [2.05, 4.69) is 20.2 Å². The van der Waals surface area contributed by atoms with Crippen LogP contribution >= 0.6 is 11.3 Å². The van der Waals surface area contributed by atoms with Crippen LogP contribution in [0.3, 0.4) is 0 Å². The molecule has 3 saturated heterocycles. The van der Waals surface area contributed by atoms with Gasteiger partial charge in [0, 0.05) is 41.5 Å². The van der Waals surface area contributed by atoms with Crippen molar-refractivity contribution in [2.75, 3.05) is 43.9 Å². The summed E-state index contributed by atoms with van der Waals surface area (Å²) in [5, 5.41) is 12.9. The van der Waals surface area contributed by atoms with Crippen molar-refractivity contribution < 1.29 is 26.7 Å². The molecular formula is C31H30F5N7OS. The van der Waals surface area contributed by atoms with Crippen molar-refractivity contribution in [3.63, 3.8) is 0 Å². The van der Waals surface area contributed by atoms with Gasteiger partial charge in [-0.1, -0.05) is 6.07 Å². The maximum absolute atomic E-state index is 16.9. The maximum atomic E-state index is 16.9. The Balaban J connectivity index is 1.48. The molecule has 236 valence electrons. The number of nitrogens with one attached hydrogen (secondary N) is 1. The molecule has 7 rings (SSSR count). The van der Waals surface area contributed by atoms with E-state index >= 15 is 4.39 Å². The predicted molar refractivity (Wildman–Crippen MR) is 162 cm³/mol. The lowest BCUT2D eigenvalue weighted by atomic mass is 9.92. The molecule has 14 heteroatoms. The summed E-state index contributed by atoms with van der Waals surface area (Å²) in [5.74, 6) is -1.88. The SMILES string of the molecule is CN1CCC[C@@]1(C)COc1nc(N2CC3CCC(C2)N3)c2cc(C(F)(F)F)c(-c3ccc(F)c4sc(N)c(C#N)c34)c(F)c2n1. The number of thiophene rings is 1. The first-order valence-corrected chi connectivity index (χ1v) is 15.6. The highest BCUT2D eigenvalue weighted by atomic mass is 32.1. The summed E-state index contributed by atoms with van der Waals surface area (Å²) in [7, 11) is 1.99. The lowest BCUT2D eigenvalue weighted by Gasteiger charge is -2.35. The van der Waals surface area contributed by atoms with Crippen molar-refractivity contribution >= 4 is 43.1 Å². The van der Waals surface area contributed by atoms with Crippen LogP contribution < -0.4 is 20.7 Å². The molecule has 3 atom stereocenters. The second-order valence-corrected chi connectivity index (χ2v) is 13.5. The molecule has 2 aromatic carbocycles. The van der Waals surface area contributed by atoms with Gasteiger partial charge in [0.15, 0.2) is 5.82 Å². The molecule has 3 aliphatic heterocycles. The molecule has 0 spiro atoms. The van der Waals surface area contributed by atoms with Gasteiger partial charge in [0.2, 0.25) is 0 Å². The number of hydrogen-bond donors (Lipinski definition) is 2. The first-order chi connectivity index (χ1) is 21.4. The average Bonchev–Trinajstić information content (AvgIpc) is 3.64. The van der Waals surface area contributed by atoms with Gasteiger partial charge in [0.25, 0.3) is 0 Å². The van der Waals surface area contributed by atoms with E-state index in [4.69, 9.17) is 10.5 Å². The van der Waals surface area contributed by atoms with E-state index < -0.39 is 28.9 Å². The second-order valence-electron chi connectivity index (χ2n) is 12.4. The lowest BCUT2D eigenvalue weighted by molar-refractivity contribution is -0.137. The minimum absolute atomic E-state index is 0.0763. The van der Waals surface area contributed by atoms with Crippen LogP contribution in [0, 0.1) is 23.0 Å². The summed E-state index contributed by atoms with van der Waals surface area (Å²) in [6.45, 7) is 4.09. The van der Waals surface area contributed by atoms with Crippen LogP contribution in [0.4, 0.5) is 32.8 Å². The Morgan fingerprint density at radius 1 is 1.20 bits per heavy atom. The molecule has 3 aliphatic rings. The third-order valence-electron chi connectivity index (χ3n) is 9.55. The van der Waals surface area contributed by atoms with E-state index in [1.54, 1.807) is 0 Å². The molecule has 0 radical (unpaired) electrons. The fourth-order valence-corrected chi connectivity index (χ4v) is 7.97. The zero-order chi connectivity index (χ0) is 31.8. The zero-order valence-corrected chi connectivity index (χ0v) is 25.4. The molecule has 0 amide bonds. The van der Waals surface area contributed by atoms with Crippen molar-refractivity contribution in [1.29, 1.82) is 5.26 Å². The maximum Gasteiger partial charge on any atom is 0.417 e. The summed E-state index contributed by atoms with van der Waals surface area (Å²) in [4.78, 5) is 13.0. The topological polar surface area (TPSA) is 103 Å². The molecular weight excluding hydrogens is 613 g/mol. The van der Waals surface area contributed by atoms with Gasteiger partial charge < -0.3 is 20.7 Å². The van der Waals surface area contributed by atoms with Crippen molar-refractivity contribution in [2.24, 2.45) is 0 Å². The summed E-state index contributed by atoms with van der Waals surface area (Å²) >= 11 is 0.724. The first-order valence-electron chi connectivity index (χ1n) is 14.8. The summed E-state index contributed by atoms with van der Waals surface area (Å²) in [6.07, 6.45) is -1.35. The number of nitrogen functional groups attached to an aromatic ring is 1. The largest absolute Gasteiger partial charge is 0.461 e. The fraction of sp³-hybridized carbons (Fsp3) is 0.452. The van der Waals surface area contributed by atoms with Gasteiger partial charge in [-0.2, -0.15) is 28.4 Å². The van der Waals surface area contributed by atoms with Gasteiger partial charge in [-0.25, -0.2) is 8.78 Å². The van der Waals surface area contributed by atoms with Crippen LogP contribution in [0.2, 0.25) is 0 Å². The fourth-order valence-electron chi connectivity index (χ4n) is 7.02. The molecule has 8 nitrogen and oxygen atoms in total. The molecule has 2 bridgehead atoms. The number of hydrogen-bond acceptors (Lipinski definition) is 9. The van der Waals surface area contributed by atoms with Crippen molar-refractivity contribution in [1.82, 2.24) is 20.2 Å². The molecule has 0 aliphatic carbocycles. The Morgan fingerprint density at radius 2 is 1.93 bits per heavy atom. The van der Waals surface area contributed by atoms with Crippen LogP contribution in [0.15, 0.2) is 18.2 Å². The summed E-state index contributed by atoms with van der Waals surface area (Å²) in [6, 6.07) is 4.81. The number of fused-ring (bicyclic) bond motifs is 4. The van der Waals surface area contributed by atoms with Gasteiger partial charge >= 0.3 is 12.2 Å². The van der Waals surface area contributed by atoms with Crippen molar-refractivity contribution in [2.45, 2.75) is 56.4 Å². The normalized spacial score (nSPS) is 23.7. The second kappa shape index (κ2) is 10.6. The van der Waals surface area contributed by atoms with Gasteiger partial charge in [-0.3, -0.25) is 4.90 Å². The number of ether oxygens (including phenoxy) is 1. The van der Waals surface area contributed by atoms with Gasteiger partial charge in [-0.15, -0.1) is 11.3 Å². The number of nitriles is 1. The van der Waals surface area contributed by atoms with Crippen LogP contribution in [-0.2, 0) is 6.18 Å². The summed E-state index contributed by atoms with van der Waals surface area (Å²) in [5.41, 5.74) is 2.64. The number of aromatic nitrogens is 2. The third-order valence-corrected chi connectivity index (χ3v) is 10.6. The monoisotopic (exact) mass is 643 g/mol. The lowest BCUT2D eigenvalue weighted by Crippen LogP contribution is -2.51. The van der Waals surface area contributed by atoms with E-state index in [1.165, 1.54) is 0 Å². The van der Waals surface area contributed by atoms with Crippen molar-refractivity contribution in [3.8, 4) is 23.2 Å². The first kappa shape index (κ1) is 29.9. The molecule has 0 saturated carbocycles. The number of piperazine rings is 1. The predicted octanol–water partition coefficient (Wildman–Crippen LogP) is 6.07. The van der Waals surface area contributed by atoms with Crippen LogP contribution in [-0.4, -0.2) is 65.8 Å². The highest BCUT2D eigenvalue weighted by molar-refractivity contribution is 7.23. The molecule has 4 aromatic rings. The summed E-state index contributed by atoms with van der Waals surface area (Å²) < 4.78 is 82.2. The highest BCUT2D eigenvalue weighted by Crippen LogP contribution is 2.48. The van der Waals surface area contributed by atoms with E-state index in [9.17, 15) is 22.8 Å². The Morgan fingerprint density at radius 3 is 2.58 bits per heavy atom. The molecule has 45 heavy (non-hydrogen) atoms. The van der Waals surface area contributed by atoms with Gasteiger partial charge in [0.05, 0.1) is 21.4 Å². The Bertz CT molecular complexity index is 1880. The molecule has 2 unspecified atom stereocenters. The number of nitrogens with zero attached hydrogens (tertiary/aromatic N) is 5. The van der Waals surface area contributed by atoms with Crippen molar-refractivity contribution in [3.05, 3.63) is 41.0 Å². The smallest absolute Gasteiger partial charge is 0.417 e. The average molecular weight is 644 g/mol. The van der Waals surface area contributed by atoms with Gasteiger partial charge in [0.1, 0.15) is 34.8 Å². The number of anilines is 2. The van der Waals surface area contributed by atoms with Gasteiger partial charge in [-0.05, 0) is 63.9 Å². The van der Waals surface area contributed by atoms with Crippen LogP contribution in [0.1, 0.15) is 43.7 Å². The van der Waals surface area contributed by atoms with E-state index in [0.717, 1.165) is 61.8 Å². The Labute approximate surface area is 259 Å². The Hall–Kier alpha value is -3.80. The number of rotatable bonds is 5. The number of likely N-dealkylation sites (tertiary alicyclic amines) is 1. The quantitative estimate of drug-likeness (QED) is 0.253. The standard InChI is InChI=1S/C31H30F5N7OS/c1-30(8-3-9-42(30)2)14-44-29-40-25-18(28(41-29)43-12-15-4-5-16(13-43)39-15)10-20(31(34,35)36)23(24(25)33)17-6-7-21(32)26-22(17)19(11-37)27(38)45-26/h6-7,10,15-16,39H,3-5,8-9,12-14,38H2,1-2H3/t15?,16?,30-/m0/s1. The number of benzene rings is 2. The number of nitrogens with two attached hydrogens (primary N) is 1.